The van der Waals surface area contributed by atoms with Crippen LogP contribution in [0, 0.1) is 0 Å². The molecule has 0 fully saturated rings. The van der Waals surface area contributed by atoms with Crippen molar-refractivity contribution in [3.05, 3.63) is 0 Å². The molecular weight excluding hydrogens is 132 g/mol. The van der Waals surface area contributed by atoms with Crippen molar-refractivity contribution in [2.75, 3.05) is 12.4 Å². The van der Waals surface area contributed by atoms with E-state index in [2.05, 4.69) is 20.8 Å². The molecule has 0 spiro atoms. The first-order valence-corrected chi connectivity index (χ1v) is 3.92. The maximum Gasteiger partial charge on any atom is 0.0624 e. The highest BCUT2D eigenvalue weighted by Crippen LogP contribution is 2.12. The average Bonchev–Trinajstić information content (AvgIpc) is 1.84. The van der Waals surface area contributed by atoms with Crippen LogP contribution in [-0.4, -0.2) is 18.0 Å². The fraction of sp³-hybridized carbons (Fsp3) is 1.00. The average molecular weight is 147 g/mol. The lowest BCUT2D eigenvalue weighted by molar-refractivity contribution is -0.0108. The first-order valence-electron chi connectivity index (χ1n) is 3.34. The molecule has 0 aromatic rings. The predicted octanol–water partition coefficient (Wildman–Crippen LogP) is 2.39. The molecule has 0 aliphatic rings. The minimum Gasteiger partial charge on any atom is -0.375 e. The van der Waals surface area contributed by atoms with Crippen LogP contribution >= 0.6 is 12.6 Å². The molecule has 0 heterocycles. The maximum absolute atomic E-state index is 5.42. The van der Waals surface area contributed by atoms with Gasteiger partial charge in [-0.15, -0.1) is 0 Å². The Morgan fingerprint density at radius 1 is 1.44 bits per heavy atom. The number of hydrogen-bond donors (Lipinski definition) is 0. The standard InChI is InChI=1S/C7H15OS/c1-4-7(2,3)8-5-6-9/h4-6H2,1-3H3. The van der Waals surface area contributed by atoms with Gasteiger partial charge in [-0.25, -0.2) is 0 Å². The van der Waals surface area contributed by atoms with Crippen molar-refractivity contribution in [1.82, 2.24) is 0 Å². The Balaban J connectivity index is 3.33. The van der Waals surface area contributed by atoms with Gasteiger partial charge in [-0.2, -0.15) is 0 Å². The van der Waals surface area contributed by atoms with Gasteiger partial charge >= 0.3 is 0 Å². The summed E-state index contributed by atoms with van der Waals surface area (Å²) in [7, 11) is 0. The molecule has 0 amide bonds. The molecule has 0 aromatic carbocycles. The van der Waals surface area contributed by atoms with Crippen molar-refractivity contribution in [2.24, 2.45) is 0 Å². The van der Waals surface area contributed by atoms with E-state index in [4.69, 9.17) is 17.4 Å². The Morgan fingerprint density at radius 2 is 2.00 bits per heavy atom. The predicted molar refractivity (Wildman–Crippen MR) is 42.8 cm³/mol. The number of hydrogen-bond acceptors (Lipinski definition) is 1. The lowest BCUT2D eigenvalue weighted by atomic mass is 10.1. The highest BCUT2D eigenvalue weighted by atomic mass is 32.1. The Hall–Kier alpha value is 0.310. The van der Waals surface area contributed by atoms with E-state index in [9.17, 15) is 0 Å². The Bertz CT molecular complexity index is 71.3. The fourth-order valence-corrected chi connectivity index (χ4v) is 0.503. The van der Waals surface area contributed by atoms with Crippen molar-refractivity contribution >= 4 is 12.6 Å². The summed E-state index contributed by atoms with van der Waals surface area (Å²) in [5, 5.41) is 0. The smallest absolute Gasteiger partial charge is 0.0624 e. The molecule has 0 saturated heterocycles. The SMILES string of the molecule is CCC(C)(C)OCC[S]. The normalized spacial score (nSPS) is 12.0. The lowest BCUT2D eigenvalue weighted by Gasteiger charge is -2.22. The molecule has 1 nitrogen and oxygen atoms in total. The molecule has 0 atom stereocenters. The second-order valence-corrected chi connectivity index (χ2v) is 3.07. The molecule has 9 heavy (non-hydrogen) atoms. The van der Waals surface area contributed by atoms with Gasteiger partial charge in [0.2, 0.25) is 0 Å². The summed E-state index contributed by atoms with van der Waals surface area (Å²) in [5.74, 6) is 0.698. The molecular formula is C7H15OS. The summed E-state index contributed by atoms with van der Waals surface area (Å²) >= 11 is 4.74. The van der Waals surface area contributed by atoms with Gasteiger partial charge in [0, 0.05) is 5.75 Å². The third-order valence-electron chi connectivity index (χ3n) is 1.43. The van der Waals surface area contributed by atoms with Gasteiger partial charge in [0.15, 0.2) is 0 Å². The van der Waals surface area contributed by atoms with Gasteiger partial charge in [0.25, 0.3) is 0 Å². The van der Waals surface area contributed by atoms with Crippen LogP contribution in [0.4, 0.5) is 0 Å². The summed E-state index contributed by atoms with van der Waals surface area (Å²) in [5.41, 5.74) is 0.0266. The van der Waals surface area contributed by atoms with E-state index < -0.39 is 0 Å². The molecule has 0 unspecified atom stereocenters. The third kappa shape index (κ3) is 4.79. The summed E-state index contributed by atoms with van der Waals surface area (Å²) in [6, 6.07) is 0. The zero-order chi connectivity index (χ0) is 7.33. The van der Waals surface area contributed by atoms with Crippen molar-refractivity contribution < 1.29 is 4.74 Å². The Kier molecular flexibility index (Phi) is 4.32. The van der Waals surface area contributed by atoms with E-state index in [1.165, 1.54) is 0 Å². The molecule has 0 aromatic heterocycles. The molecule has 0 bridgehead atoms. The van der Waals surface area contributed by atoms with Crippen LogP contribution in [0.15, 0.2) is 0 Å². The number of ether oxygens (including phenoxy) is 1. The first-order chi connectivity index (χ1) is 4.12. The molecule has 0 N–H and O–H groups in total. The number of rotatable bonds is 4. The van der Waals surface area contributed by atoms with Crippen LogP contribution in [0.25, 0.3) is 0 Å². The molecule has 55 valence electrons. The van der Waals surface area contributed by atoms with Crippen molar-refractivity contribution in [1.29, 1.82) is 0 Å². The quantitative estimate of drug-likeness (QED) is 0.593. The van der Waals surface area contributed by atoms with E-state index >= 15 is 0 Å². The van der Waals surface area contributed by atoms with Crippen molar-refractivity contribution in [3.63, 3.8) is 0 Å². The van der Waals surface area contributed by atoms with Gasteiger partial charge in [-0.05, 0) is 20.3 Å². The molecule has 0 saturated carbocycles. The molecule has 0 rings (SSSR count). The highest BCUT2D eigenvalue weighted by molar-refractivity contribution is 7.80. The van der Waals surface area contributed by atoms with Crippen molar-refractivity contribution in [2.45, 2.75) is 32.8 Å². The summed E-state index contributed by atoms with van der Waals surface area (Å²) in [6.45, 7) is 6.98. The van der Waals surface area contributed by atoms with E-state index in [1.807, 2.05) is 0 Å². The third-order valence-corrected chi connectivity index (χ3v) is 1.59. The lowest BCUT2D eigenvalue weighted by Crippen LogP contribution is -2.23. The molecule has 2 heteroatoms. The second kappa shape index (κ2) is 4.18. The monoisotopic (exact) mass is 147 g/mol. The van der Waals surface area contributed by atoms with Crippen LogP contribution in [-0.2, 0) is 4.74 Å². The Morgan fingerprint density at radius 3 is 2.33 bits per heavy atom. The second-order valence-electron chi connectivity index (χ2n) is 2.67. The maximum atomic E-state index is 5.42. The summed E-state index contributed by atoms with van der Waals surface area (Å²) in [4.78, 5) is 0. The van der Waals surface area contributed by atoms with E-state index in [-0.39, 0.29) is 5.60 Å². The van der Waals surface area contributed by atoms with Crippen LogP contribution in [0.3, 0.4) is 0 Å². The highest BCUT2D eigenvalue weighted by Gasteiger charge is 2.13. The van der Waals surface area contributed by atoms with E-state index in [0.717, 1.165) is 6.42 Å². The van der Waals surface area contributed by atoms with Gasteiger partial charge in [-0.1, -0.05) is 19.6 Å². The van der Waals surface area contributed by atoms with Gasteiger partial charge in [0.05, 0.1) is 12.2 Å². The molecule has 0 aliphatic heterocycles. The van der Waals surface area contributed by atoms with Gasteiger partial charge in [0.1, 0.15) is 0 Å². The van der Waals surface area contributed by atoms with Crippen LogP contribution in [0.5, 0.6) is 0 Å². The molecule has 0 aliphatic carbocycles. The summed E-state index contributed by atoms with van der Waals surface area (Å²) < 4.78 is 5.42. The minimum absolute atomic E-state index is 0.0266. The van der Waals surface area contributed by atoms with E-state index in [0.29, 0.717) is 12.4 Å². The van der Waals surface area contributed by atoms with Crippen molar-refractivity contribution in [3.8, 4) is 0 Å². The Labute approximate surface area is 63.2 Å². The zero-order valence-corrected chi connectivity index (χ0v) is 7.25. The van der Waals surface area contributed by atoms with Gasteiger partial charge in [-0.3, -0.25) is 0 Å². The minimum atomic E-state index is 0.0266. The zero-order valence-electron chi connectivity index (χ0n) is 6.44. The van der Waals surface area contributed by atoms with Crippen LogP contribution in [0.1, 0.15) is 27.2 Å². The van der Waals surface area contributed by atoms with Crippen LogP contribution < -0.4 is 0 Å². The topological polar surface area (TPSA) is 9.23 Å². The summed E-state index contributed by atoms with van der Waals surface area (Å²) in [6.07, 6.45) is 1.04. The molecule has 1 radical (unpaired) electrons. The fourth-order valence-electron chi connectivity index (χ4n) is 0.420. The first kappa shape index (κ1) is 9.31. The van der Waals surface area contributed by atoms with E-state index in [1.54, 1.807) is 0 Å². The van der Waals surface area contributed by atoms with Crippen LogP contribution in [0.2, 0.25) is 0 Å². The van der Waals surface area contributed by atoms with Gasteiger partial charge < -0.3 is 4.74 Å². The largest absolute Gasteiger partial charge is 0.375 e.